The lowest BCUT2D eigenvalue weighted by molar-refractivity contribution is -0.117. The number of likely N-dealkylation sites (N-methyl/N-ethyl adjacent to an activating group) is 1. The van der Waals surface area contributed by atoms with Crippen LogP contribution in [0.1, 0.15) is 27.7 Å². The Morgan fingerprint density at radius 1 is 1.40 bits per heavy atom. The Hall–Kier alpha value is -1.17. The first kappa shape index (κ1) is 13.8. The van der Waals surface area contributed by atoms with Crippen LogP contribution >= 0.6 is 27.3 Å². The highest BCUT2D eigenvalue weighted by molar-refractivity contribution is 9.11. The van der Waals surface area contributed by atoms with Crippen molar-refractivity contribution >= 4 is 38.9 Å². The van der Waals surface area contributed by atoms with E-state index in [0.29, 0.717) is 6.42 Å². The molecule has 1 atom stereocenters. The van der Waals surface area contributed by atoms with Gasteiger partial charge in [0.25, 0.3) is 0 Å². The average molecular weight is 352 g/mol. The number of amides is 1. The molecule has 1 aliphatic heterocycles. The van der Waals surface area contributed by atoms with Gasteiger partial charge in [-0.3, -0.25) is 4.79 Å². The minimum absolute atomic E-state index is 0.0985. The Kier molecular flexibility index (Phi) is 3.44. The predicted octanol–water partition coefficient (Wildman–Crippen LogP) is 3.42. The molecule has 5 heteroatoms. The van der Waals surface area contributed by atoms with E-state index in [-0.39, 0.29) is 5.91 Å². The maximum atomic E-state index is 11.7. The van der Waals surface area contributed by atoms with E-state index in [2.05, 4.69) is 15.9 Å². The van der Waals surface area contributed by atoms with Crippen LogP contribution in [0.3, 0.4) is 0 Å². The summed E-state index contributed by atoms with van der Waals surface area (Å²) >= 11 is 5.02. The van der Waals surface area contributed by atoms with E-state index in [1.54, 1.807) is 23.3 Å². The number of aliphatic hydroxyl groups excluding tert-OH is 1. The fraction of sp³-hybridized carbons (Fsp3) is 0.267. The molecule has 3 rings (SSSR count). The van der Waals surface area contributed by atoms with Crippen LogP contribution in [0.4, 0.5) is 5.69 Å². The van der Waals surface area contributed by atoms with Gasteiger partial charge in [-0.25, -0.2) is 0 Å². The molecular weight excluding hydrogens is 338 g/mol. The molecule has 2 aromatic rings. The number of benzene rings is 1. The lowest BCUT2D eigenvalue weighted by Gasteiger charge is -2.13. The van der Waals surface area contributed by atoms with Crippen LogP contribution < -0.4 is 4.90 Å². The van der Waals surface area contributed by atoms with Gasteiger partial charge in [0, 0.05) is 17.6 Å². The van der Waals surface area contributed by atoms with Gasteiger partial charge in [-0.2, -0.15) is 0 Å². The number of nitrogens with zero attached hydrogens (tertiary/aromatic N) is 1. The van der Waals surface area contributed by atoms with Gasteiger partial charge in [-0.15, -0.1) is 11.3 Å². The Labute approximate surface area is 130 Å². The van der Waals surface area contributed by atoms with Crippen LogP contribution in [0.5, 0.6) is 0 Å². The summed E-state index contributed by atoms with van der Waals surface area (Å²) in [5.74, 6) is 0.0985. The first-order chi connectivity index (χ1) is 9.47. The Morgan fingerprint density at radius 3 is 2.80 bits per heavy atom. The van der Waals surface area contributed by atoms with E-state index in [1.807, 2.05) is 31.2 Å². The van der Waals surface area contributed by atoms with Crippen LogP contribution in [0.15, 0.2) is 28.1 Å². The van der Waals surface area contributed by atoms with Crippen molar-refractivity contribution in [1.82, 2.24) is 0 Å². The highest BCUT2D eigenvalue weighted by Gasteiger charge is 2.25. The van der Waals surface area contributed by atoms with Crippen molar-refractivity contribution in [2.24, 2.45) is 0 Å². The monoisotopic (exact) mass is 351 g/mol. The topological polar surface area (TPSA) is 40.5 Å². The molecule has 0 aliphatic carbocycles. The number of aliphatic hydroxyl groups is 1. The predicted molar refractivity (Wildman–Crippen MR) is 84.4 cm³/mol. The van der Waals surface area contributed by atoms with Crippen LogP contribution in [0.25, 0.3) is 0 Å². The molecule has 0 saturated carbocycles. The van der Waals surface area contributed by atoms with Crippen LogP contribution in [0, 0.1) is 6.92 Å². The van der Waals surface area contributed by atoms with Crippen molar-refractivity contribution in [2.45, 2.75) is 19.4 Å². The molecule has 1 amide bonds. The molecule has 0 bridgehead atoms. The second-order valence-corrected chi connectivity index (χ2v) is 7.43. The van der Waals surface area contributed by atoms with Crippen LogP contribution in [-0.2, 0) is 11.2 Å². The second kappa shape index (κ2) is 4.98. The molecule has 1 aromatic heterocycles. The summed E-state index contributed by atoms with van der Waals surface area (Å²) in [7, 11) is 1.78. The zero-order chi connectivity index (χ0) is 14.4. The number of rotatable bonds is 2. The first-order valence-corrected chi connectivity index (χ1v) is 7.91. The number of carbonyl (C=O) groups excluding carboxylic acids is 1. The number of aryl methyl sites for hydroxylation is 1. The van der Waals surface area contributed by atoms with Gasteiger partial charge >= 0.3 is 0 Å². The minimum Gasteiger partial charge on any atom is -0.383 e. The third-order valence-electron chi connectivity index (χ3n) is 3.64. The molecule has 1 aromatic carbocycles. The molecule has 0 fully saturated rings. The van der Waals surface area contributed by atoms with Gasteiger partial charge in [0.2, 0.25) is 5.91 Å². The number of hydrogen-bond acceptors (Lipinski definition) is 3. The molecule has 20 heavy (non-hydrogen) atoms. The first-order valence-electron chi connectivity index (χ1n) is 6.30. The maximum Gasteiger partial charge on any atom is 0.231 e. The third-order valence-corrected chi connectivity index (χ3v) is 5.83. The molecule has 0 spiro atoms. The van der Waals surface area contributed by atoms with Gasteiger partial charge in [-0.05, 0) is 51.7 Å². The number of hydrogen-bond donors (Lipinski definition) is 1. The lowest BCUT2D eigenvalue weighted by atomic mass is 10.0. The number of carbonyl (C=O) groups is 1. The smallest absolute Gasteiger partial charge is 0.231 e. The standard InChI is InChI=1S/C15H14BrNO2S/c1-8-5-12(20-15(8)16)14(19)9-3-4-11-10(6-9)7-13(18)17(11)2/h3-6,14,19H,7H2,1-2H3. The summed E-state index contributed by atoms with van der Waals surface area (Å²) in [6.07, 6.45) is -0.226. The summed E-state index contributed by atoms with van der Waals surface area (Å²) in [6.45, 7) is 2.01. The van der Waals surface area contributed by atoms with Crippen molar-refractivity contribution in [3.05, 3.63) is 49.6 Å². The normalized spacial score (nSPS) is 15.6. The van der Waals surface area contributed by atoms with E-state index in [9.17, 15) is 9.90 Å². The molecule has 0 radical (unpaired) electrons. The average Bonchev–Trinajstić information content (AvgIpc) is 2.90. The fourth-order valence-electron chi connectivity index (χ4n) is 2.44. The van der Waals surface area contributed by atoms with Crippen molar-refractivity contribution in [3.8, 4) is 0 Å². The molecule has 2 heterocycles. The van der Waals surface area contributed by atoms with Gasteiger partial charge in [0.15, 0.2) is 0 Å². The van der Waals surface area contributed by atoms with E-state index < -0.39 is 6.10 Å². The summed E-state index contributed by atoms with van der Waals surface area (Å²) in [6, 6.07) is 7.73. The lowest BCUT2D eigenvalue weighted by Crippen LogP contribution is -2.20. The van der Waals surface area contributed by atoms with Gasteiger partial charge in [-0.1, -0.05) is 12.1 Å². The minimum atomic E-state index is -0.642. The van der Waals surface area contributed by atoms with Crippen molar-refractivity contribution < 1.29 is 9.90 Å². The van der Waals surface area contributed by atoms with Crippen molar-refractivity contribution in [1.29, 1.82) is 0 Å². The number of halogens is 1. The van der Waals surface area contributed by atoms with E-state index in [4.69, 9.17) is 0 Å². The van der Waals surface area contributed by atoms with Crippen molar-refractivity contribution in [3.63, 3.8) is 0 Å². The van der Waals surface area contributed by atoms with Gasteiger partial charge in [0.1, 0.15) is 6.10 Å². The van der Waals surface area contributed by atoms with Gasteiger partial charge < -0.3 is 10.0 Å². The number of anilines is 1. The Balaban J connectivity index is 1.96. The molecule has 0 saturated heterocycles. The SMILES string of the molecule is Cc1cc(C(O)c2ccc3c(c2)CC(=O)N3C)sc1Br. The summed E-state index contributed by atoms with van der Waals surface area (Å²) in [5, 5.41) is 10.5. The summed E-state index contributed by atoms with van der Waals surface area (Å²) in [4.78, 5) is 14.3. The number of fused-ring (bicyclic) bond motifs is 1. The van der Waals surface area contributed by atoms with Crippen LogP contribution in [-0.4, -0.2) is 18.1 Å². The zero-order valence-corrected chi connectivity index (χ0v) is 13.6. The van der Waals surface area contributed by atoms with Crippen molar-refractivity contribution in [2.75, 3.05) is 11.9 Å². The van der Waals surface area contributed by atoms with E-state index >= 15 is 0 Å². The molecule has 1 unspecified atom stereocenters. The maximum absolute atomic E-state index is 11.7. The highest BCUT2D eigenvalue weighted by Crippen LogP contribution is 2.36. The largest absolute Gasteiger partial charge is 0.383 e. The summed E-state index contributed by atoms with van der Waals surface area (Å²) < 4.78 is 1.04. The Bertz CT molecular complexity index is 676. The molecule has 104 valence electrons. The quantitative estimate of drug-likeness (QED) is 0.900. The van der Waals surface area contributed by atoms with Crippen LogP contribution in [0.2, 0.25) is 0 Å². The molecule has 1 N–H and O–H groups in total. The second-order valence-electron chi connectivity index (χ2n) is 5.03. The van der Waals surface area contributed by atoms with E-state index in [1.165, 1.54) is 0 Å². The zero-order valence-electron chi connectivity index (χ0n) is 11.2. The fourth-order valence-corrected chi connectivity index (χ4v) is 4.03. The molecular formula is C15H14BrNO2S. The highest BCUT2D eigenvalue weighted by atomic mass is 79.9. The molecule has 1 aliphatic rings. The number of thiophene rings is 1. The Morgan fingerprint density at radius 2 is 2.15 bits per heavy atom. The van der Waals surface area contributed by atoms with E-state index in [0.717, 1.165) is 31.0 Å². The van der Waals surface area contributed by atoms with Gasteiger partial charge in [0.05, 0.1) is 10.2 Å². The summed E-state index contributed by atoms with van der Waals surface area (Å²) in [5.41, 5.74) is 3.89. The molecule has 3 nitrogen and oxygen atoms in total. The third kappa shape index (κ3) is 2.20.